The zero-order valence-corrected chi connectivity index (χ0v) is 12.0. The molecule has 0 radical (unpaired) electrons. The van der Waals surface area contributed by atoms with E-state index in [0.29, 0.717) is 17.7 Å². The molecule has 0 aromatic carbocycles. The fourth-order valence-electron chi connectivity index (χ4n) is 2.90. The van der Waals surface area contributed by atoms with E-state index in [-0.39, 0.29) is 0 Å². The highest BCUT2D eigenvalue weighted by molar-refractivity contribution is 5.75. The number of hydrogen-bond donors (Lipinski definition) is 0. The number of hydrogen-bond acceptors (Lipinski definition) is 2. The van der Waals surface area contributed by atoms with Gasteiger partial charge in [-0.1, -0.05) is 27.7 Å². The Morgan fingerprint density at radius 2 is 1.65 bits per heavy atom. The molecule has 1 spiro atoms. The molecule has 2 saturated heterocycles. The summed E-state index contributed by atoms with van der Waals surface area (Å²) in [7, 11) is 0. The van der Waals surface area contributed by atoms with Gasteiger partial charge in [0.2, 0.25) is 5.91 Å². The van der Waals surface area contributed by atoms with Crippen LogP contribution in [0.5, 0.6) is 0 Å². The highest BCUT2D eigenvalue weighted by atomic mass is 16.2. The molecule has 2 aliphatic heterocycles. The molecule has 1 amide bonds. The number of likely N-dealkylation sites (tertiary alicyclic amines) is 2. The summed E-state index contributed by atoms with van der Waals surface area (Å²) in [5.41, 5.74) is 0.570. The molecule has 2 rings (SSSR count). The van der Waals surface area contributed by atoms with E-state index in [2.05, 4.69) is 11.8 Å². The maximum Gasteiger partial charge on any atom is 0.222 e. The highest BCUT2D eigenvalue weighted by Gasteiger charge is 2.44. The van der Waals surface area contributed by atoms with Gasteiger partial charge in [-0.25, -0.2) is 0 Å². The molecule has 0 atom stereocenters. The molecule has 17 heavy (non-hydrogen) atoms. The average molecular weight is 240 g/mol. The maximum atomic E-state index is 11.5. The Balaban J connectivity index is 0.000000686. The van der Waals surface area contributed by atoms with Crippen molar-refractivity contribution in [1.82, 2.24) is 9.80 Å². The first-order chi connectivity index (χ1) is 8.19. The molecule has 0 aromatic heterocycles. The van der Waals surface area contributed by atoms with Crippen LogP contribution in [-0.4, -0.2) is 48.4 Å². The summed E-state index contributed by atoms with van der Waals surface area (Å²) in [6.07, 6.45) is 3.10. The Kier molecular flexibility index (Phi) is 5.44. The van der Waals surface area contributed by atoms with Gasteiger partial charge in [0, 0.05) is 32.6 Å². The van der Waals surface area contributed by atoms with Gasteiger partial charge in [-0.15, -0.1) is 0 Å². The van der Waals surface area contributed by atoms with Crippen LogP contribution in [0.3, 0.4) is 0 Å². The lowest BCUT2D eigenvalue weighted by Crippen LogP contribution is -2.60. The molecule has 0 aromatic rings. The molecule has 0 bridgehead atoms. The summed E-state index contributed by atoms with van der Waals surface area (Å²) in [4.78, 5) is 16.1. The lowest BCUT2D eigenvalue weighted by Gasteiger charge is -2.54. The van der Waals surface area contributed by atoms with Gasteiger partial charge in [0.1, 0.15) is 0 Å². The van der Waals surface area contributed by atoms with E-state index in [0.717, 1.165) is 13.1 Å². The smallest absolute Gasteiger partial charge is 0.222 e. The predicted molar refractivity (Wildman–Crippen MR) is 72.0 cm³/mol. The first-order valence-electron chi connectivity index (χ1n) is 7.19. The van der Waals surface area contributed by atoms with Crippen LogP contribution in [0, 0.1) is 5.41 Å². The molecule has 100 valence electrons. The number of piperidine rings is 1. The largest absolute Gasteiger partial charge is 0.343 e. The molecule has 3 nitrogen and oxygen atoms in total. The van der Waals surface area contributed by atoms with Gasteiger partial charge in [0.05, 0.1) is 0 Å². The molecule has 0 N–H and O–H groups in total. The van der Waals surface area contributed by atoms with Gasteiger partial charge >= 0.3 is 0 Å². The molecule has 0 unspecified atom stereocenters. The van der Waals surface area contributed by atoms with Crippen LogP contribution >= 0.6 is 0 Å². The van der Waals surface area contributed by atoms with Crippen molar-refractivity contribution in [2.24, 2.45) is 5.41 Å². The van der Waals surface area contributed by atoms with E-state index in [1.807, 2.05) is 25.7 Å². The quantitative estimate of drug-likeness (QED) is 0.740. The Hall–Kier alpha value is -0.570. The van der Waals surface area contributed by atoms with Gasteiger partial charge in [-0.2, -0.15) is 0 Å². The second-order valence-electron chi connectivity index (χ2n) is 5.04. The Labute approximate surface area is 106 Å². The summed E-state index contributed by atoms with van der Waals surface area (Å²) in [5, 5.41) is 0. The van der Waals surface area contributed by atoms with Gasteiger partial charge < -0.3 is 9.80 Å². The van der Waals surface area contributed by atoms with Gasteiger partial charge in [-0.05, 0) is 24.8 Å². The van der Waals surface area contributed by atoms with Crippen molar-refractivity contribution in [3.05, 3.63) is 0 Å². The number of carbonyl (C=O) groups excluding carboxylic acids is 1. The van der Waals surface area contributed by atoms with Crippen molar-refractivity contribution in [2.75, 3.05) is 32.7 Å². The fraction of sp³-hybridized carbons (Fsp3) is 0.929. The van der Waals surface area contributed by atoms with E-state index in [9.17, 15) is 4.79 Å². The number of carbonyl (C=O) groups is 1. The van der Waals surface area contributed by atoms with Crippen LogP contribution in [0.25, 0.3) is 0 Å². The van der Waals surface area contributed by atoms with E-state index in [1.54, 1.807) is 0 Å². The minimum absolute atomic E-state index is 0.330. The third kappa shape index (κ3) is 3.21. The number of nitrogens with zero attached hydrogens (tertiary/aromatic N) is 2. The first kappa shape index (κ1) is 14.5. The average Bonchev–Trinajstić information content (AvgIpc) is 2.37. The predicted octanol–water partition coefficient (Wildman–Crippen LogP) is 2.37. The molecular weight excluding hydrogens is 212 g/mol. The van der Waals surface area contributed by atoms with E-state index < -0.39 is 0 Å². The van der Waals surface area contributed by atoms with Crippen LogP contribution in [0.4, 0.5) is 0 Å². The number of rotatable bonds is 2. The van der Waals surface area contributed by atoms with Gasteiger partial charge in [0.15, 0.2) is 0 Å². The molecule has 2 heterocycles. The zero-order chi connectivity index (χ0) is 12.9. The second kappa shape index (κ2) is 6.39. The summed E-state index contributed by atoms with van der Waals surface area (Å²) in [6, 6.07) is 0. The van der Waals surface area contributed by atoms with Crippen molar-refractivity contribution in [2.45, 2.75) is 47.0 Å². The van der Waals surface area contributed by atoms with Crippen LogP contribution < -0.4 is 0 Å². The number of amides is 1. The van der Waals surface area contributed by atoms with Crippen LogP contribution in [-0.2, 0) is 4.79 Å². The van der Waals surface area contributed by atoms with Crippen molar-refractivity contribution >= 4 is 5.91 Å². The van der Waals surface area contributed by atoms with Crippen LogP contribution in [0.1, 0.15) is 47.0 Å². The summed E-state index contributed by atoms with van der Waals surface area (Å²) < 4.78 is 0. The summed E-state index contributed by atoms with van der Waals surface area (Å²) in [6.45, 7) is 13.9. The Bertz CT molecular complexity index is 237. The highest BCUT2D eigenvalue weighted by Crippen LogP contribution is 2.40. The topological polar surface area (TPSA) is 23.6 Å². The fourth-order valence-corrected chi connectivity index (χ4v) is 2.90. The maximum absolute atomic E-state index is 11.5. The van der Waals surface area contributed by atoms with Gasteiger partial charge in [-0.3, -0.25) is 4.79 Å². The van der Waals surface area contributed by atoms with E-state index in [1.165, 1.54) is 32.5 Å². The second-order valence-corrected chi connectivity index (χ2v) is 5.04. The van der Waals surface area contributed by atoms with Crippen molar-refractivity contribution in [3.63, 3.8) is 0 Å². The molecule has 0 saturated carbocycles. The van der Waals surface area contributed by atoms with E-state index in [4.69, 9.17) is 0 Å². The molecule has 2 aliphatic rings. The molecular formula is C14H28N2O. The normalized spacial score (nSPS) is 22.7. The third-order valence-corrected chi connectivity index (χ3v) is 4.04. The molecule has 3 heteroatoms. The standard InChI is InChI=1S/C12H22N2O.C2H6/c1-3-11(15)14-7-5-12(6-8-14)9-13(4-2)10-12;1-2/h3-10H2,1-2H3;1-2H3. The summed E-state index contributed by atoms with van der Waals surface area (Å²) >= 11 is 0. The van der Waals surface area contributed by atoms with Crippen LogP contribution in [0.2, 0.25) is 0 Å². The Morgan fingerprint density at radius 1 is 1.12 bits per heavy atom. The minimum Gasteiger partial charge on any atom is -0.343 e. The SMILES string of the molecule is CC.CCC(=O)N1CCC2(CC1)CN(CC)C2. The lowest BCUT2D eigenvalue weighted by molar-refractivity contribution is -0.135. The van der Waals surface area contributed by atoms with E-state index >= 15 is 0 Å². The minimum atomic E-state index is 0.330. The van der Waals surface area contributed by atoms with Crippen molar-refractivity contribution < 1.29 is 4.79 Å². The third-order valence-electron chi connectivity index (χ3n) is 4.04. The first-order valence-corrected chi connectivity index (χ1v) is 7.19. The van der Waals surface area contributed by atoms with Crippen molar-refractivity contribution in [1.29, 1.82) is 0 Å². The molecule has 2 fully saturated rings. The lowest BCUT2D eigenvalue weighted by atomic mass is 9.72. The van der Waals surface area contributed by atoms with Gasteiger partial charge in [0.25, 0.3) is 0 Å². The van der Waals surface area contributed by atoms with Crippen LogP contribution in [0.15, 0.2) is 0 Å². The van der Waals surface area contributed by atoms with Crippen molar-refractivity contribution in [3.8, 4) is 0 Å². The zero-order valence-electron chi connectivity index (χ0n) is 12.0. The Morgan fingerprint density at radius 3 is 2.06 bits per heavy atom. The molecule has 0 aliphatic carbocycles. The monoisotopic (exact) mass is 240 g/mol. The summed E-state index contributed by atoms with van der Waals surface area (Å²) in [5.74, 6) is 0.330.